The first kappa shape index (κ1) is 22.4. The fraction of sp³-hybridized carbons (Fsp3) is 0.476. The Morgan fingerprint density at radius 3 is 2.69 bits per heavy atom. The Balaban J connectivity index is 2.42. The van der Waals surface area contributed by atoms with E-state index in [9.17, 15) is 14.4 Å². The van der Waals surface area contributed by atoms with Gasteiger partial charge in [-0.2, -0.15) is 0 Å². The molecule has 0 radical (unpaired) electrons. The predicted octanol–water partition coefficient (Wildman–Crippen LogP) is 2.98. The maximum absolute atomic E-state index is 12.9. The molecule has 1 atom stereocenters. The number of allylic oxidation sites excluding steroid dienone is 1. The monoisotopic (exact) mass is 403 g/mol. The summed E-state index contributed by atoms with van der Waals surface area (Å²) in [5, 5.41) is 5.63. The molecule has 8 nitrogen and oxygen atoms in total. The second-order valence-corrected chi connectivity index (χ2v) is 6.82. The third kappa shape index (κ3) is 5.80. The van der Waals surface area contributed by atoms with E-state index in [4.69, 9.17) is 9.47 Å². The average molecular weight is 403 g/mol. The zero-order valence-electron chi connectivity index (χ0n) is 17.4. The molecular weight excluding hydrogens is 374 g/mol. The van der Waals surface area contributed by atoms with Crippen molar-refractivity contribution < 1.29 is 23.9 Å². The highest BCUT2D eigenvalue weighted by Crippen LogP contribution is 2.32. The quantitative estimate of drug-likeness (QED) is 0.488. The van der Waals surface area contributed by atoms with Crippen LogP contribution in [0.1, 0.15) is 45.2 Å². The summed E-state index contributed by atoms with van der Waals surface area (Å²) in [6.45, 7) is 6.13. The molecule has 0 aliphatic carbocycles. The number of methoxy groups -OCH3 is 1. The van der Waals surface area contributed by atoms with Crippen molar-refractivity contribution in [1.82, 2.24) is 10.2 Å². The first-order valence-electron chi connectivity index (χ1n) is 9.71. The van der Waals surface area contributed by atoms with E-state index < -0.39 is 12.0 Å². The zero-order valence-corrected chi connectivity index (χ0v) is 17.4. The summed E-state index contributed by atoms with van der Waals surface area (Å²) in [7, 11) is 1.53. The first-order chi connectivity index (χ1) is 13.9. The van der Waals surface area contributed by atoms with E-state index in [0.29, 0.717) is 29.1 Å². The molecule has 3 amide bonds. The minimum atomic E-state index is -0.677. The highest BCUT2D eigenvalue weighted by Gasteiger charge is 2.36. The highest BCUT2D eigenvalue weighted by atomic mass is 16.6. The third-order valence-corrected chi connectivity index (χ3v) is 4.61. The lowest BCUT2D eigenvalue weighted by Gasteiger charge is -2.35. The number of carbonyl (C=O) groups is 3. The molecule has 1 aromatic carbocycles. The highest BCUT2D eigenvalue weighted by molar-refractivity contribution is 5.95. The van der Waals surface area contributed by atoms with Gasteiger partial charge in [0.25, 0.3) is 0 Å². The van der Waals surface area contributed by atoms with Gasteiger partial charge in [0, 0.05) is 32.0 Å². The molecule has 1 aliphatic rings. The van der Waals surface area contributed by atoms with Gasteiger partial charge in [-0.05, 0) is 31.0 Å². The fourth-order valence-corrected chi connectivity index (χ4v) is 3.18. The molecule has 0 spiro atoms. The van der Waals surface area contributed by atoms with Gasteiger partial charge in [-0.15, -0.1) is 0 Å². The van der Waals surface area contributed by atoms with Gasteiger partial charge in [-0.1, -0.05) is 25.5 Å². The molecule has 0 aromatic heterocycles. The number of nitrogens with one attached hydrogen (secondary N) is 2. The zero-order chi connectivity index (χ0) is 21.4. The van der Waals surface area contributed by atoms with E-state index >= 15 is 0 Å². The van der Waals surface area contributed by atoms with Crippen molar-refractivity contribution in [3.63, 3.8) is 0 Å². The smallest absolute Gasteiger partial charge is 0.338 e. The SMILES string of the molecule is CCCCN1C(=O)N[C@H](c2cccc(NC(C)=O)c2)C(C(=O)OCCOC)=C1C. The Labute approximate surface area is 171 Å². The van der Waals surface area contributed by atoms with Gasteiger partial charge in [-0.25, -0.2) is 9.59 Å². The van der Waals surface area contributed by atoms with Gasteiger partial charge in [0.2, 0.25) is 5.91 Å². The lowest BCUT2D eigenvalue weighted by Crippen LogP contribution is -2.48. The van der Waals surface area contributed by atoms with Crippen molar-refractivity contribution in [2.24, 2.45) is 0 Å². The Bertz CT molecular complexity index is 790. The van der Waals surface area contributed by atoms with Gasteiger partial charge in [0.15, 0.2) is 0 Å². The standard InChI is InChI=1S/C21H29N3O5/c1-5-6-10-24-14(2)18(20(26)29-12-11-28-4)19(23-21(24)27)16-8-7-9-17(13-16)22-15(3)25/h7-9,13,19H,5-6,10-12H2,1-4H3,(H,22,25)(H,23,27)/t19-/m1/s1. The number of carbonyl (C=O) groups excluding carboxylic acids is 3. The molecule has 29 heavy (non-hydrogen) atoms. The largest absolute Gasteiger partial charge is 0.460 e. The van der Waals surface area contributed by atoms with E-state index in [2.05, 4.69) is 10.6 Å². The molecule has 0 saturated heterocycles. The molecule has 1 aromatic rings. The topological polar surface area (TPSA) is 97.0 Å². The van der Waals surface area contributed by atoms with Crippen LogP contribution in [0.5, 0.6) is 0 Å². The van der Waals surface area contributed by atoms with E-state index in [1.54, 1.807) is 36.1 Å². The van der Waals surface area contributed by atoms with Crippen LogP contribution in [0.15, 0.2) is 35.5 Å². The van der Waals surface area contributed by atoms with Crippen LogP contribution in [0.25, 0.3) is 0 Å². The van der Waals surface area contributed by atoms with Gasteiger partial charge in [0.1, 0.15) is 6.61 Å². The number of nitrogens with zero attached hydrogens (tertiary/aromatic N) is 1. The molecule has 0 unspecified atom stereocenters. The van der Waals surface area contributed by atoms with Crippen LogP contribution in [0.2, 0.25) is 0 Å². The Morgan fingerprint density at radius 1 is 1.28 bits per heavy atom. The lowest BCUT2D eigenvalue weighted by molar-refractivity contribution is -0.141. The van der Waals surface area contributed by atoms with E-state index in [1.165, 1.54) is 14.0 Å². The Hall–Kier alpha value is -2.87. The molecular formula is C21H29N3O5. The summed E-state index contributed by atoms with van der Waals surface area (Å²) in [6, 6.07) is 6.11. The number of urea groups is 1. The van der Waals surface area contributed by atoms with Crippen molar-refractivity contribution in [3.05, 3.63) is 41.1 Å². The van der Waals surface area contributed by atoms with Crippen LogP contribution in [-0.2, 0) is 19.1 Å². The van der Waals surface area contributed by atoms with Crippen LogP contribution in [0.3, 0.4) is 0 Å². The molecule has 1 heterocycles. The second kappa shape index (κ2) is 10.6. The molecule has 2 N–H and O–H groups in total. The number of hydrogen-bond donors (Lipinski definition) is 2. The minimum absolute atomic E-state index is 0.119. The number of rotatable bonds is 9. The van der Waals surface area contributed by atoms with Crippen molar-refractivity contribution >= 4 is 23.6 Å². The summed E-state index contributed by atoms with van der Waals surface area (Å²) in [5.41, 5.74) is 2.21. The molecule has 0 fully saturated rings. The molecule has 0 saturated carbocycles. The maximum Gasteiger partial charge on any atom is 0.338 e. The van der Waals surface area contributed by atoms with Crippen molar-refractivity contribution in [3.8, 4) is 0 Å². The summed E-state index contributed by atoms with van der Waals surface area (Å²) >= 11 is 0. The number of esters is 1. The number of amides is 3. The van der Waals surface area contributed by atoms with Crippen LogP contribution < -0.4 is 10.6 Å². The van der Waals surface area contributed by atoms with Gasteiger partial charge in [0.05, 0.1) is 18.2 Å². The number of unbranched alkanes of at least 4 members (excludes halogenated alkanes) is 1. The van der Waals surface area contributed by atoms with Crippen LogP contribution in [0.4, 0.5) is 10.5 Å². The normalized spacial score (nSPS) is 16.5. The van der Waals surface area contributed by atoms with E-state index in [0.717, 1.165) is 12.8 Å². The number of anilines is 1. The van der Waals surface area contributed by atoms with E-state index in [-0.39, 0.29) is 25.2 Å². The number of ether oxygens (including phenoxy) is 2. The van der Waals surface area contributed by atoms with Gasteiger partial charge >= 0.3 is 12.0 Å². The van der Waals surface area contributed by atoms with Crippen molar-refractivity contribution in [2.45, 2.75) is 39.7 Å². The van der Waals surface area contributed by atoms with E-state index in [1.807, 2.05) is 6.92 Å². The van der Waals surface area contributed by atoms with Crippen molar-refractivity contribution in [2.75, 3.05) is 32.2 Å². The van der Waals surface area contributed by atoms with Crippen LogP contribution in [0, 0.1) is 0 Å². The van der Waals surface area contributed by atoms with Crippen molar-refractivity contribution in [1.29, 1.82) is 0 Å². The number of benzene rings is 1. The second-order valence-electron chi connectivity index (χ2n) is 6.82. The van der Waals surface area contributed by atoms with Gasteiger partial charge in [-0.3, -0.25) is 9.69 Å². The Morgan fingerprint density at radius 2 is 2.03 bits per heavy atom. The minimum Gasteiger partial charge on any atom is -0.460 e. The van der Waals surface area contributed by atoms with Crippen LogP contribution >= 0.6 is 0 Å². The molecule has 158 valence electrons. The maximum atomic E-state index is 12.9. The molecule has 1 aliphatic heterocycles. The number of hydrogen-bond acceptors (Lipinski definition) is 5. The molecule has 2 rings (SSSR count). The summed E-state index contributed by atoms with van der Waals surface area (Å²) in [4.78, 5) is 38.6. The Kier molecular flexibility index (Phi) is 8.21. The summed E-state index contributed by atoms with van der Waals surface area (Å²) < 4.78 is 10.3. The summed E-state index contributed by atoms with van der Waals surface area (Å²) in [6.07, 6.45) is 1.74. The fourth-order valence-electron chi connectivity index (χ4n) is 3.18. The van der Waals surface area contributed by atoms with Crippen LogP contribution in [-0.4, -0.2) is 49.7 Å². The van der Waals surface area contributed by atoms with Gasteiger partial charge < -0.3 is 20.1 Å². The predicted molar refractivity (Wildman–Crippen MR) is 109 cm³/mol. The third-order valence-electron chi connectivity index (χ3n) is 4.61. The average Bonchev–Trinajstić information content (AvgIpc) is 2.67. The molecule has 0 bridgehead atoms. The molecule has 8 heteroatoms. The first-order valence-corrected chi connectivity index (χ1v) is 9.71. The lowest BCUT2D eigenvalue weighted by atomic mass is 9.94. The summed E-state index contributed by atoms with van der Waals surface area (Å²) in [5.74, 6) is -0.706.